The van der Waals surface area contributed by atoms with Crippen molar-refractivity contribution in [3.8, 4) is 0 Å². The van der Waals surface area contributed by atoms with Crippen LogP contribution in [0.4, 0.5) is 0 Å². The first-order chi connectivity index (χ1) is 6.77. The first-order valence-corrected chi connectivity index (χ1v) is 5.75. The molecule has 0 aromatic carbocycles. The van der Waals surface area contributed by atoms with Crippen molar-refractivity contribution >= 4 is 0 Å². The maximum absolute atomic E-state index is 9.43. The average molecular weight is 199 g/mol. The zero-order valence-electron chi connectivity index (χ0n) is 8.98. The zero-order chi connectivity index (χ0) is 9.97. The van der Waals surface area contributed by atoms with E-state index >= 15 is 0 Å². The molecule has 0 radical (unpaired) electrons. The fourth-order valence-electron chi connectivity index (χ4n) is 2.61. The van der Waals surface area contributed by atoms with Crippen LogP contribution in [0.25, 0.3) is 0 Å². The molecule has 0 spiro atoms. The summed E-state index contributed by atoms with van der Waals surface area (Å²) in [7, 11) is 2.21. The summed E-state index contributed by atoms with van der Waals surface area (Å²) in [6.07, 6.45) is 5.38. The number of aliphatic hydroxyl groups is 1. The van der Waals surface area contributed by atoms with Gasteiger partial charge in [0.2, 0.25) is 0 Å². The second kappa shape index (κ2) is 4.60. The van der Waals surface area contributed by atoms with Gasteiger partial charge in [-0.05, 0) is 39.2 Å². The van der Waals surface area contributed by atoms with E-state index in [-0.39, 0.29) is 6.10 Å². The van der Waals surface area contributed by atoms with Gasteiger partial charge in [0, 0.05) is 18.7 Å². The minimum atomic E-state index is -0.0421. The third kappa shape index (κ3) is 2.27. The lowest BCUT2D eigenvalue weighted by atomic mass is 9.91. The van der Waals surface area contributed by atoms with Crippen molar-refractivity contribution in [1.29, 1.82) is 0 Å². The Morgan fingerprint density at radius 1 is 1.07 bits per heavy atom. The molecule has 1 saturated heterocycles. The summed E-state index contributed by atoms with van der Waals surface area (Å²) in [5, 5.41) is 9.43. The van der Waals surface area contributed by atoms with E-state index in [4.69, 9.17) is 4.74 Å². The first-order valence-electron chi connectivity index (χ1n) is 5.75. The summed E-state index contributed by atoms with van der Waals surface area (Å²) in [6, 6.07) is 1.29. The Morgan fingerprint density at radius 2 is 1.79 bits per heavy atom. The number of hydrogen-bond donors (Lipinski definition) is 1. The molecular weight excluding hydrogens is 178 g/mol. The number of rotatable bonds is 2. The standard InChI is InChI=1S/C11H21NO2/c1-12(10-6-7-14-8-10)9-2-4-11(13)5-3-9/h9-11,13H,2-8H2,1H3. The van der Waals surface area contributed by atoms with Crippen LogP contribution in [0, 0.1) is 0 Å². The van der Waals surface area contributed by atoms with E-state index in [1.54, 1.807) is 0 Å². The van der Waals surface area contributed by atoms with Crippen LogP contribution < -0.4 is 0 Å². The highest BCUT2D eigenvalue weighted by Gasteiger charge is 2.28. The van der Waals surface area contributed by atoms with Crippen molar-refractivity contribution in [3.63, 3.8) is 0 Å². The second-order valence-corrected chi connectivity index (χ2v) is 4.65. The molecule has 2 aliphatic rings. The van der Waals surface area contributed by atoms with Crippen molar-refractivity contribution in [2.24, 2.45) is 0 Å². The van der Waals surface area contributed by atoms with Gasteiger partial charge in [0.25, 0.3) is 0 Å². The van der Waals surface area contributed by atoms with Gasteiger partial charge < -0.3 is 9.84 Å². The van der Waals surface area contributed by atoms with Gasteiger partial charge in [0.1, 0.15) is 0 Å². The lowest BCUT2D eigenvalue weighted by Crippen LogP contribution is -2.43. The molecule has 0 aromatic heterocycles. The van der Waals surface area contributed by atoms with Crippen molar-refractivity contribution < 1.29 is 9.84 Å². The number of likely N-dealkylation sites (N-methyl/N-ethyl adjacent to an activating group) is 1. The van der Waals surface area contributed by atoms with Crippen molar-refractivity contribution in [2.75, 3.05) is 20.3 Å². The van der Waals surface area contributed by atoms with Crippen molar-refractivity contribution in [2.45, 2.75) is 50.3 Å². The SMILES string of the molecule is CN(C1CCC(O)CC1)C1CCOC1. The van der Waals surface area contributed by atoms with Crippen LogP contribution in [-0.4, -0.2) is 48.5 Å². The van der Waals surface area contributed by atoms with E-state index in [0.717, 1.165) is 38.9 Å². The van der Waals surface area contributed by atoms with Crippen molar-refractivity contribution in [1.82, 2.24) is 4.90 Å². The number of hydrogen-bond acceptors (Lipinski definition) is 3. The summed E-state index contributed by atoms with van der Waals surface area (Å²) < 4.78 is 5.40. The third-order valence-electron chi connectivity index (χ3n) is 3.72. The van der Waals surface area contributed by atoms with Gasteiger partial charge >= 0.3 is 0 Å². The fraction of sp³-hybridized carbons (Fsp3) is 1.00. The zero-order valence-corrected chi connectivity index (χ0v) is 8.98. The van der Waals surface area contributed by atoms with E-state index in [1.165, 1.54) is 6.42 Å². The van der Waals surface area contributed by atoms with E-state index in [0.29, 0.717) is 12.1 Å². The topological polar surface area (TPSA) is 32.7 Å². The maximum Gasteiger partial charge on any atom is 0.0622 e. The van der Waals surface area contributed by atoms with Gasteiger partial charge in [-0.2, -0.15) is 0 Å². The molecular formula is C11H21NO2. The summed E-state index contributed by atoms with van der Waals surface area (Å²) in [5.74, 6) is 0. The molecule has 1 unspecified atom stereocenters. The molecule has 1 saturated carbocycles. The molecule has 3 nitrogen and oxygen atoms in total. The molecule has 82 valence electrons. The number of aliphatic hydroxyl groups excluding tert-OH is 1. The maximum atomic E-state index is 9.43. The molecule has 3 heteroatoms. The molecule has 1 aliphatic carbocycles. The molecule has 0 aromatic rings. The predicted octanol–water partition coefficient (Wildman–Crippen LogP) is 1.01. The molecule has 0 amide bonds. The van der Waals surface area contributed by atoms with Crippen LogP contribution in [0.15, 0.2) is 0 Å². The molecule has 1 aliphatic heterocycles. The molecule has 1 atom stereocenters. The highest BCUT2D eigenvalue weighted by atomic mass is 16.5. The Morgan fingerprint density at radius 3 is 2.36 bits per heavy atom. The van der Waals surface area contributed by atoms with E-state index in [2.05, 4.69) is 11.9 Å². The van der Waals surface area contributed by atoms with Crippen LogP contribution in [0.5, 0.6) is 0 Å². The van der Waals surface area contributed by atoms with Crippen LogP contribution in [0.2, 0.25) is 0 Å². The van der Waals surface area contributed by atoms with Crippen LogP contribution in [-0.2, 0) is 4.74 Å². The van der Waals surface area contributed by atoms with Gasteiger partial charge in [-0.3, -0.25) is 4.90 Å². The van der Waals surface area contributed by atoms with E-state index < -0.39 is 0 Å². The summed E-state index contributed by atoms with van der Waals surface area (Å²) in [5.41, 5.74) is 0. The molecule has 1 N–H and O–H groups in total. The van der Waals surface area contributed by atoms with Crippen molar-refractivity contribution in [3.05, 3.63) is 0 Å². The highest BCUT2D eigenvalue weighted by molar-refractivity contribution is 4.83. The Kier molecular flexibility index (Phi) is 3.42. The monoisotopic (exact) mass is 199 g/mol. The Hall–Kier alpha value is -0.120. The van der Waals surface area contributed by atoms with Crippen LogP contribution >= 0.6 is 0 Å². The third-order valence-corrected chi connectivity index (χ3v) is 3.72. The molecule has 0 bridgehead atoms. The normalized spacial score (nSPS) is 39.2. The summed E-state index contributed by atoms with van der Waals surface area (Å²) in [6.45, 7) is 1.82. The Bertz CT molecular complexity index is 172. The average Bonchev–Trinajstić information content (AvgIpc) is 2.71. The smallest absolute Gasteiger partial charge is 0.0622 e. The van der Waals surface area contributed by atoms with Gasteiger partial charge in [-0.25, -0.2) is 0 Å². The Balaban J connectivity index is 1.82. The van der Waals surface area contributed by atoms with Crippen LogP contribution in [0.1, 0.15) is 32.1 Å². The van der Waals surface area contributed by atoms with E-state index in [1.807, 2.05) is 0 Å². The first kappa shape index (κ1) is 10.4. The highest BCUT2D eigenvalue weighted by Crippen LogP contribution is 2.25. The predicted molar refractivity (Wildman–Crippen MR) is 55.2 cm³/mol. The molecule has 2 rings (SSSR count). The van der Waals surface area contributed by atoms with Crippen LogP contribution in [0.3, 0.4) is 0 Å². The minimum Gasteiger partial charge on any atom is -0.393 e. The van der Waals surface area contributed by atoms with Gasteiger partial charge in [0.15, 0.2) is 0 Å². The number of ether oxygens (including phenoxy) is 1. The van der Waals surface area contributed by atoms with Gasteiger partial charge in [-0.1, -0.05) is 0 Å². The van der Waals surface area contributed by atoms with E-state index in [9.17, 15) is 5.11 Å². The summed E-state index contributed by atoms with van der Waals surface area (Å²) >= 11 is 0. The number of nitrogens with zero attached hydrogens (tertiary/aromatic N) is 1. The lowest BCUT2D eigenvalue weighted by Gasteiger charge is -2.36. The largest absolute Gasteiger partial charge is 0.393 e. The minimum absolute atomic E-state index is 0.0421. The lowest BCUT2D eigenvalue weighted by molar-refractivity contribution is 0.0621. The molecule has 14 heavy (non-hydrogen) atoms. The quantitative estimate of drug-likeness (QED) is 0.720. The Labute approximate surface area is 86.0 Å². The second-order valence-electron chi connectivity index (χ2n) is 4.65. The summed E-state index contributed by atoms with van der Waals surface area (Å²) in [4.78, 5) is 2.47. The molecule has 2 fully saturated rings. The van der Waals surface area contributed by atoms with Gasteiger partial charge in [-0.15, -0.1) is 0 Å². The fourth-order valence-corrected chi connectivity index (χ4v) is 2.61. The molecule has 1 heterocycles. The van der Waals surface area contributed by atoms with Gasteiger partial charge in [0.05, 0.1) is 12.7 Å².